The predicted molar refractivity (Wildman–Crippen MR) is 108 cm³/mol. The smallest absolute Gasteiger partial charge is 0.383 e. The van der Waals surface area contributed by atoms with Gasteiger partial charge in [0.05, 0.1) is 4.90 Å². The highest BCUT2D eigenvalue weighted by atomic mass is 32.2. The number of thioether (sulfide) groups is 1. The maximum Gasteiger partial charge on any atom is 0.406 e. The highest BCUT2D eigenvalue weighted by Crippen LogP contribution is 2.26. The van der Waals surface area contributed by atoms with Crippen LogP contribution in [0.1, 0.15) is 16.7 Å². The first-order chi connectivity index (χ1) is 12.9. The Kier molecular flexibility index (Phi) is 7.06. The van der Waals surface area contributed by atoms with Gasteiger partial charge in [-0.25, -0.2) is 8.42 Å². The molecular formula is C19H23F3N2O2S2. The highest BCUT2D eigenvalue weighted by Gasteiger charge is 2.42. The lowest BCUT2D eigenvalue weighted by Gasteiger charge is -2.23. The van der Waals surface area contributed by atoms with Crippen LogP contribution >= 0.6 is 11.8 Å². The molecule has 1 unspecified atom stereocenters. The van der Waals surface area contributed by atoms with Gasteiger partial charge in [0.2, 0.25) is 10.0 Å². The minimum absolute atomic E-state index is 0.114. The number of anilines is 1. The lowest BCUT2D eigenvalue weighted by Crippen LogP contribution is -2.49. The van der Waals surface area contributed by atoms with Crippen LogP contribution in [0.3, 0.4) is 0 Å². The fraction of sp³-hybridized carbons (Fsp3) is 0.368. The van der Waals surface area contributed by atoms with Crippen LogP contribution in [0.25, 0.3) is 0 Å². The number of halogens is 3. The third-order valence-corrected chi connectivity index (χ3v) is 6.69. The first-order valence-corrected chi connectivity index (χ1v) is 11.2. The van der Waals surface area contributed by atoms with Crippen LogP contribution in [0.2, 0.25) is 0 Å². The van der Waals surface area contributed by atoms with Crippen molar-refractivity contribution >= 4 is 27.5 Å². The largest absolute Gasteiger partial charge is 0.406 e. The zero-order valence-electron chi connectivity index (χ0n) is 16.0. The number of nitrogens with one attached hydrogen (secondary N) is 2. The second-order valence-corrected chi connectivity index (χ2v) is 9.08. The average molecular weight is 433 g/mol. The van der Waals surface area contributed by atoms with Gasteiger partial charge >= 0.3 is 6.18 Å². The molecule has 0 saturated heterocycles. The van der Waals surface area contributed by atoms with E-state index >= 15 is 0 Å². The molecule has 0 aromatic heterocycles. The van der Waals surface area contributed by atoms with Crippen molar-refractivity contribution in [2.24, 2.45) is 0 Å². The molecule has 0 amide bonds. The molecule has 1 atom stereocenters. The molecule has 0 aliphatic heterocycles. The molecule has 2 aromatic carbocycles. The maximum atomic E-state index is 13.5. The Balaban J connectivity index is 2.24. The van der Waals surface area contributed by atoms with Crippen molar-refractivity contribution in [1.29, 1.82) is 0 Å². The van der Waals surface area contributed by atoms with Gasteiger partial charge in [-0.15, -0.1) is 11.8 Å². The lowest BCUT2D eigenvalue weighted by atomic mass is 10.1. The summed E-state index contributed by atoms with van der Waals surface area (Å²) in [6.45, 7) is 4.32. The zero-order valence-corrected chi connectivity index (χ0v) is 17.6. The number of rotatable bonds is 7. The number of hydrogen-bond acceptors (Lipinski definition) is 4. The quantitative estimate of drug-likeness (QED) is 0.625. The van der Waals surface area contributed by atoms with E-state index in [-0.39, 0.29) is 4.90 Å². The van der Waals surface area contributed by atoms with Gasteiger partial charge in [-0.3, -0.25) is 0 Å². The van der Waals surface area contributed by atoms with E-state index in [0.29, 0.717) is 16.8 Å². The van der Waals surface area contributed by atoms with Crippen LogP contribution in [0.15, 0.2) is 46.2 Å². The van der Waals surface area contributed by atoms with E-state index in [1.807, 2.05) is 11.0 Å². The monoisotopic (exact) mass is 432 g/mol. The molecule has 2 rings (SSSR count). The molecule has 2 aromatic rings. The molecule has 0 aliphatic rings. The van der Waals surface area contributed by atoms with Crippen LogP contribution in [-0.4, -0.2) is 33.4 Å². The van der Waals surface area contributed by atoms with E-state index in [1.54, 1.807) is 57.2 Å². The lowest BCUT2D eigenvalue weighted by molar-refractivity contribution is -0.148. The number of sulfonamides is 1. The summed E-state index contributed by atoms with van der Waals surface area (Å²) in [6.07, 6.45) is -2.85. The molecule has 0 radical (unpaired) electrons. The molecule has 0 heterocycles. The van der Waals surface area contributed by atoms with Gasteiger partial charge < -0.3 is 5.32 Å². The molecular weight excluding hydrogens is 409 g/mol. The van der Waals surface area contributed by atoms with Gasteiger partial charge in [-0.2, -0.15) is 17.9 Å². The van der Waals surface area contributed by atoms with Crippen molar-refractivity contribution in [1.82, 2.24) is 4.72 Å². The molecule has 2 N–H and O–H groups in total. The van der Waals surface area contributed by atoms with Gasteiger partial charge in [0.15, 0.2) is 0 Å². The minimum Gasteiger partial charge on any atom is -0.383 e. The van der Waals surface area contributed by atoms with Crippen LogP contribution in [0, 0.1) is 20.8 Å². The van der Waals surface area contributed by atoms with Gasteiger partial charge in [0, 0.05) is 17.1 Å². The topological polar surface area (TPSA) is 58.2 Å². The Hall–Kier alpha value is -1.71. The van der Waals surface area contributed by atoms with E-state index in [9.17, 15) is 21.6 Å². The Morgan fingerprint density at radius 2 is 1.57 bits per heavy atom. The molecule has 0 spiro atoms. The summed E-state index contributed by atoms with van der Waals surface area (Å²) in [7, 11) is -4.35. The Bertz CT molecular complexity index is 904. The summed E-state index contributed by atoms with van der Waals surface area (Å²) in [5, 5.41) is 2.66. The molecule has 0 saturated carbocycles. The number of aryl methyl sites for hydroxylation is 3. The van der Waals surface area contributed by atoms with Gasteiger partial charge in [0.25, 0.3) is 0 Å². The van der Waals surface area contributed by atoms with E-state index in [4.69, 9.17) is 0 Å². The molecule has 0 bridgehead atoms. The summed E-state index contributed by atoms with van der Waals surface area (Å²) < 4.78 is 67.7. The molecule has 4 nitrogen and oxygen atoms in total. The van der Waals surface area contributed by atoms with Crippen molar-refractivity contribution in [3.8, 4) is 0 Å². The fourth-order valence-corrected chi connectivity index (χ4v) is 5.07. The first-order valence-electron chi connectivity index (χ1n) is 8.49. The molecule has 0 aliphatic carbocycles. The van der Waals surface area contributed by atoms with Gasteiger partial charge in [-0.05, 0) is 62.4 Å². The second-order valence-electron chi connectivity index (χ2n) is 6.55. The standard InChI is InChI=1S/C19H23F3N2O2S2/c1-12-9-13(2)18(14(3)10-12)28(25,26)24-17(19(20,21)22)11-23-15-5-7-16(27-4)8-6-15/h5-10,17,23-24H,11H2,1-4H3. The van der Waals surface area contributed by atoms with Crippen molar-refractivity contribution in [3.63, 3.8) is 0 Å². The summed E-state index contributed by atoms with van der Waals surface area (Å²) in [5.74, 6) is 0. The Labute approximate surface area is 168 Å². The maximum absolute atomic E-state index is 13.5. The van der Waals surface area contributed by atoms with Gasteiger partial charge in [0.1, 0.15) is 6.04 Å². The van der Waals surface area contributed by atoms with Crippen molar-refractivity contribution in [2.45, 2.75) is 42.8 Å². The second kappa shape index (κ2) is 8.75. The van der Waals surface area contributed by atoms with Crippen LogP contribution in [0.5, 0.6) is 0 Å². The minimum atomic E-state index is -4.74. The first kappa shape index (κ1) is 22.6. The average Bonchev–Trinajstić information content (AvgIpc) is 2.56. The van der Waals surface area contributed by atoms with Crippen molar-refractivity contribution in [3.05, 3.63) is 53.1 Å². The summed E-state index contributed by atoms with van der Waals surface area (Å²) >= 11 is 1.52. The molecule has 0 fully saturated rings. The van der Waals surface area contributed by atoms with E-state index < -0.39 is 28.8 Å². The SMILES string of the molecule is CSc1ccc(NCC(NS(=O)(=O)c2c(C)cc(C)cc2C)C(F)(F)F)cc1. The summed E-state index contributed by atoms with van der Waals surface area (Å²) in [5.41, 5.74) is 2.14. The van der Waals surface area contributed by atoms with Crippen LogP contribution in [0.4, 0.5) is 18.9 Å². The fourth-order valence-electron chi connectivity index (χ4n) is 2.99. The van der Waals surface area contributed by atoms with E-state index in [0.717, 1.165) is 10.5 Å². The predicted octanol–water partition coefficient (Wildman–Crippen LogP) is 4.66. The summed E-state index contributed by atoms with van der Waals surface area (Å²) in [6, 6.07) is 7.87. The van der Waals surface area contributed by atoms with Crippen molar-refractivity contribution in [2.75, 3.05) is 18.1 Å². The third-order valence-electron chi connectivity index (χ3n) is 4.17. The molecule has 154 valence electrons. The summed E-state index contributed by atoms with van der Waals surface area (Å²) in [4.78, 5) is 0.862. The number of hydrogen-bond donors (Lipinski definition) is 2. The Morgan fingerprint density at radius 3 is 2.04 bits per heavy atom. The van der Waals surface area contributed by atoms with Crippen LogP contribution in [-0.2, 0) is 10.0 Å². The third kappa shape index (κ3) is 5.65. The highest BCUT2D eigenvalue weighted by molar-refractivity contribution is 7.98. The molecule has 9 heteroatoms. The zero-order chi connectivity index (χ0) is 21.1. The Morgan fingerprint density at radius 1 is 1.04 bits per heavy atom. The van der Waals surface area contributed by atoms with Crippen molar-refractivity contribution < 1.29 is 21.6 Å². The number of alkyl halides is 3. The number of benzene rings is 2. The normalized spacial score (nSPS) is 13.4. The van der Waals surface area contributed by atoms with Gasteiger partial charge in [-0.1, -0.05) is 17.7 Å². The van der Waals surface area contributed by atoms with E-state index in [2.05, 4.69) is 5.32 Å². The van der Waals surface area contributed by atoms with E-state index in [1.165, 1.54) is 11.8 Å². The molecule has 28 heavy (non-hydrogen) atoms. The van der Waals surface area contributed by atoms with Crippen LogP contribution < -0.4 is 10.0 Å².